The number of aromatic nitrogens is 1. The van der Waals surface area contributed by atoms with Crippen LogP contribution in [0.3, 0.4) is 0 Å². The van der Waals surface area contributed by atoms with Crippen molar-refractivity contribution < 1.29 is 18.8 Å². The van der Waals surface area contributed by atoms with Gasteiger partial charge in [-0.25, -0.2) is 0 Å². The Morgan fingerprint density at radius 3 is 2.79 bits per heavy atom. The second kappa shape index (κ2) is 8.04. The zero-order chi connectivity index (χ0) is 16.8. The molecule has 0 bridgehead atoms. The van der Waals surface area contributed by atoms with Crippen molar-refractivity contribution in [2.45, 2.75) is 6.04 Å². The fourth-order valence-corrected chi connectivity index (χ4v) is 3.24. The molecule has 1 aliphatic rings. The quantitative estimate of drug-likeness (QED) is 0.777. The van der Waals surface area contributed by atoms with Crippen LogP contribution >= 0.6 is 11.3 Å². The lowest BCUT2D eigenvalue weighted by Crippen LogP contribution is -2.45. The summed E-state index contributed by atoms with van der Waals surface area (Å²) >= 11 is 1.61. The summed E-state index contributed by atoms with van der Waals surface area (Å²) in [6.45, 7) is 3.27. The highest BCUT2D eigenvalue weighted by Crippen LogP contribution is 2.23. The van der Waals surface area contributed by atoms with E-state index in [9.17, 15) is 9.59 Å². The summed E-state index contributed by atoms with van der Waals surface area (Å²) < 4.78 is 9.99. The molecular weight excluding hydrogens is 332 g/mol. The van der Waals surface area contributed by atoms with Crippen molar-refractivity contribution in [2.75, 3.05) is 38.2 Å². The van der Waals surface area contributed by atoms with Crippen LogP contribution in [-0.4, -0.2) is 54.7 Å². The van der Waals surface area contributed by atoms with E-state index in [0.717, 1.165) is 18.7 Å². The Morgan fingerprint density at radius 2 is 2.12 bits per heavy atom. The Hall–Kier alpha value is -2.23. The van der Waals surface area contributed by atoms with Gasteiger partial charge in [0.25, 0.3) is 0 Å². The Balaban J connectivity index is 1.58. The second-order valence-corrected chi connectivity index (χ2v) is 6.05. The van der Waals surface area contributed by atoms with Gasteiger partial charge in [-0.1, -0.05) is 5.16 Å². The predicted molar refractivity (Wildman–Crippen MR) is 87.6 cm³/mol. The maximum absolute atomic E-state index is 12.0. The number of nitrogens with zero attached hydrogens (tertiary/aromatic N) is 2. The number of rotatable bonds is 5. The smallest absolute Gasteiger partial charge is 0.314 e. The molecule has 3 rings (SSSR count). The van der Waals surface area contributed by atoms with Crippen LogP contribution in [-0.2, 0) is 14.3 Å². The van der Waals surface area contributed by atoms with E-state index in [4.69, 9.17) is 4.74 Å². The van der Waals surface area contributed by atoms with Gasteiger partial charge in [-0.15, -0.1) is 0 Å². The van der Waals surface area contributed by atoms with E-state index in [0.29, 0.717) is 19.8 Å². The molecular formula is C15H18N4O4S. The largest absolute Gasteiger partial charge is 0.379 e. The van der Waals surface area contributed by atoms with Gasteiger partial charge in [-0.2, -0.15) is 11.3 Å². The fraction of sp³-hybridized carbons (Fsp3) is 0.400. The molecule has 8 nitrogen and oxygen atoms in total. The second-order valence-electron chi connectivity index (χ2n) is 5.27. The van der Waals surface area contributed by atoms with E-state index in [-0.39, 0.29) is 11.9 Å². The lowest BCUT2D eigenvalue weighted by atomic mass is 10.1. The van der Waals surface area contributed by atoms with Gasteiger partial charge in [0.15, 0.2) is 5.82 Å². The van der Waals surface area contributed by atoms with Crippen molar-refractivity contribution in [1.82, 2.24) is 15.4 Å². The first-order valence-corrected chi connectivity index (χ1v) is 8.52. The molecule has 2 amide bonds. The number of thiophene rings is 1. The molecule has 1 aliphatic heterocycles. The molecule has 0 spiro atoms. The lowest BCUT2D eigenvalue weighted by molar-refractivity contribution is -0.136. The van der Waals surface area contributed by atoms with Gasteiger partial charge in [0.05, 0.1) is 19.3 Å². The molecule has 0 radical (unpaired) electrons. The van der Waals surface area contributed by atoms with Crippen molar-refractivity contribution in [3.63, 3.8) is 0 Å². The average Bonchev–Trinajstić information content (AvgIpc) is 3.30. The molecule has 0 saturated carbocycles. The molecule has 1 saturated heterocycles. The number of nitrogens with one attached hydrogen (secondary N) is 2. The Kier molecular flexibility index (Phi) is 5.57. The Bertz CT molecular complexity index is 653. The summed E-state index contributed by atoms with van der Waals surface area (Å²) in [4.78, 5) is 26.1. The summed E-state index contributed by atoms with van der Waals surface area (Å²) in [6, 6.07) is 3.52. The summed E-state index contributed by atoms with van der Waals surface area (Å²) in [6.07, 6.45) is 1.32. The van der Waals surface area contributed by atoms with Gasteiger partial charge in [0, 0.05) is 25.7 Å². The first-order chi connectivity index (χ1) is 11.7. The maximum Gasteiger partial charge on any atom is 0.314 e. The van der Waals surface area contributed by atoms with E-state index < -0.39 is 11.8 Å². The van der Waals surface area contributed by atoms with E-state index in [2.05, 4.69) is 30.6 Å². The summed E-state index contributed by atoms with van der Waals surface area (Å²) in [5, 5.41) is 12.7. The highest BCUT2D eigenvalue weighted by atomic mass is 32.1. The minimum Gasteiger partial charge on any atom is -0.379 e. The highest BCUT2D eigenvalue weighted by molar-refractivity contribution is 7.07. The van der Waals surface area contributed by atoms with Crippen LogP contribution in [0.5, 0.6) is 0 Å². The molecule has 0 aromatic carbocycles. The van der Waals surface area contributed by atoms with Crippen LogP contribution in [0.1, 0.15) is 11.6 Å². The Labute approximate surface area is 142 Å². The number of morpholine rings is 1. The molecule has 2 N–H and O–H groups in total. The Morgan fingerprint density at radius 1 is 1.29 bits per heavy atom. The minimum absolute atomic E-state index is 0.0175. The van der Waals surface area contributed by atoms with Crippen molar-refractivity contribution in [2.24, 2.45) is 0 Å². The molecule has 24 heavy (non-hydrogen) atoms. The van der Waals surface area contributed by atoms with Crippen LogP contribution in [0, 0.1) is 0 Å². The lowest BCUT2D eigenvalue weighted by Gasteiger charge is -2.34. The normalized spacial score (nSPS) is 16.5. The van der Waals surface area contributed by atoms with Gasteiger partial charge >= 0.3 is 11.8 Å². The maximum atomic E-state index is 12.0. The van der Waals surface area contributed by atoms with Gasteiger partial charge in [0.1, 0.15) is 6.26 Å². The summed E-state index contributed by atoms with van der Waals surface area (Å²) in [5.41, 5.74) is 1.12. The first-order valence-electron chi connectivity index (χ1n) is 7.57. The molecule has 2 aromatic heterocycles. The number of hydrogen-bond acceptors (Lipinski definition) is 7. The van der Waals surface area contributed by atoms with Crippen LogP contribution in [0.2, 0.25) is 0 Å². The van der Waals surface area contributed by atoms with Crippen LogP contribution < -0.4 is 10.6 Å². The molecule has 0 aliphatic carbocycles. The zero-order valence-electron chi connectivity index (χ0n) is 12.9. The zero-order valence-corrected chi connectivity index (χ0v) is 13.8. The number of carbonyl (C=O) groups excluding carboxylic acids is 2. The van der Waals surface area contributed by atoms with Gasteiger partial charge < -0.3 is 14.6 Å². The third kappa shape index (κ3) is 4.19. The van der Waals surface area contributed by atoms with Gasteiger partial charge in [0.2, 0.25) is 0 Å². The summed E-state index contributed by atoms with van der Waals surface area (Å²) in [7, 11) is 0. The SMILES string of the molecule is O=C(NC[C@H](c1ccsc1)N1CCOCC1)C(=O)Nc1ccon1. The number of amides is 2. The molecule has 1 atom stereocenters. The molecule has 128 valence electrons. The van der Waals surface area contributed by atoms with Crippen molar-refractivity contribution in [1.29, 1.82) is 0 Å². The number of hydrogen-bond donors (Lipinski definition) is 2. The standard InChI is InChI=1S/C15H18N4O4S/c20-14(15(21)17-13-1-5-23-18-13)16-9-12(11-2-8-24-10-11)19-3-6-22-7-4-19/h1-2,5,8,10,12H,3-4,6-7,9H2,(H,16,20)(H,17,18,21)/t12-/m1/s1. The molecule has 3 heterocycles. The van der Waals surface area contributed by atoms with Crippen molar-refractivity contribution >= 4 is 29.0 Å². The van der Waals surface area contributed by atoms with Gasteiger partial charge in [-0.3, -0.25) is 19.8 Å². The minimum atomic E-state index is -0.769. The van der Waals surface area contributed by atoms with E-state index in [1.54, 1.807) is 11.3 Å². The molecule has 2 aromatic rings. The van der Waals surface area contributed by atoms with Crippen molar-refractivity contribution in [3.05, 3.63) is 34.7 Å². The van der Waals surface area contributed by atoms with Crippen LogP contribution in [0.25, 0.3) is 0 Å². The number of ether oxygens (including phenoxy) is 1. The molecule has 0 unspecified atom stereocenters. The third-order valence-electron chi connectivity index (χ3n) is 3.76. The number of anilines is 1. The van der Waals surface area contributed by atoms with Crippen molar-refractivity contribution in [3.8, 4) is 0 Å². The highest BCUT2D eigenvalue weighted by Gasteiger charge is 2.24. The number of carbonyl (C=O) groups is 2. The monoisotopic (exact) mass is 350 g/mol. The topological polar surface area (TPSA) is 96.7 Å². The predicted octanol–water partition coefficient (Wildman–Crippen LogP) is 0.864. The van der Waals surface area contributed by atoms with Crippen LogP contribution in [0.15, 0.2) is 33.7 Å². The van der Waals surface area contributed by atoms with E-state index >= 15 is 0 Å². The van der Waals surface area contributed by atoms with Crippen LogP contribution in [0.4, 0.5) is 5.82 Å². The molecule has 1 fully saturated rings. The van der Waals surface area contributed by atoms with E-state index in [1.807, 2.05) is 11.4 Å². The summed E-state index contributed by atoms with van der Waals surface area (Å²) in [5.74, 6) is -1.26. The third-order valence-corrected chi connectivity index (χ3v) is 4.46. The average molecular weight is 350 g/mol. The first kappa shape index (κ1) is 16.6. The molecule has 9 heteroatoms. The fourth-order valence-electron chi connectivity index (χ4n) is 2.53. The van der Waals surface area contributed by atoms with E-state index in [1.165, 1.54) is 12.3 Å². The van der Waals surface area contributed by atoms with Gasteiger partial charge in [-0.05, 0) is 22.4 Å².